The number of nitro groups is 1. The molecule has 1 aliphatic heterocycles. The Labute approximate surface area is 190 Å². The number of fused-ring (bicyclic) bond motifs is 1. The van der Waals surface area contributed by atoms with Gasteiger partial charge >= 0.3 is 0 Å². The van der Waals surface area contributed by atoms with Gasteiger partial charge in [0.2, 0.25) is 5.89 Å². The van der Waals surface area contributed by atoms with Crippen LogP contribution in [0.25, 0.3) is 22.6 Å². The van der Waals surface area contributed by atoms with Gasteiger partial charge in [-0.15, -0.1) is 0 Å². The number of para-hydroxylation sites is 1. The molecule has 1 N–H and O–H groups in total. The first-order valence-electron chi connectivity index (χ1n) is 10.8. The monoisotopic (exact) mass is 442 g/mol. The summed E-state index contributed by atoms with van der Waals surface area (Å²) in [5, 5.41) is 14.5. The maximum absolute atomic E-state index is 13.0. The summed E-state index contributed by atoms with van der Waals surface area (Å²) in [6.45, 7) is 3.55. The lowest BCUT2D eigenvalue weighted by atomic mass is 10.1. The van der Waals surface area contributed by atoms with Crippen molar-refractivity contribution in [3.63, 3.8) is 0 Å². The normalized spacial score (nSPS) is 13.4. The lowest BCUT2D eigenvalue weighted by Gasteiger charge is -2.18. The van der Waals surface area contributed by atoms with Gasteiger partial charge in [0.05, 0.1) is 16.2 Å². The Morgan fingerprint density at radius 3 is 2.67 bits per heavy atom. The van der Waals surface area contributed by atoms with E-state index >= 15 is 0 Å². The molecule has 166 valence electrons. The van der Waals surface area contributed by atoms with Crippen molar-refractivity contribution >= 4 is 34.1 Å². The summed E-state index contributed by atoms with van der Waals surface area (Å²) in [6, 6.07) is 17.6. The summed E-state index contributed by atoms with van der Waals surface area (Å²) >= 11 is 0. The number of rotatable bonds is 5. The number of benzene rings is 3. The highest BCUT2D eigenvalue weighted by atomic mass is 16.6. The molecule has 0 unspecified atom stereocenters. The first-order chi connectivity index (χ1) is 16.0. The molecule has 33 heavy (non-hydrogen) atoms. The Balaban J connectivity index is 1.46. The second kappa shape index (κ2) is 8.38. The predicted octanol–water partition coefficient (Wildman–Crippen LogP) is 5.56. The molecular formula is C25H22N4O4. The van der Waals surface area contributed by atoms with Crippen molar-refractivity contribution in [1.82, 2.24) is 4.98 Å². The highest BCUT2D eigenvalue weighted by Gasteiger charge is 2.24. The first kappa shape index (κ1) is 20.7. The Morgan fingerprint density at radius 2 is 1.88 bits per heavy atom. The van der Waals surface area contributed by atoms with E-state index in [1.54, 1.807) is 24.3 Å². The Morgan fingerprint density at radius 1 is 1.09 bits per heavy atom. The molecule has 3 aromatic carbocycles. The number of amides is 1. The number of nitrogens with zero attached hydrogens (tertiary/aromatic N) is 3. The van der Waals surface area contributed by atoms with Crippen LogP contribution in [0.5, 0.6) is 0 Å². The highest BCUT2D eigenvalue weighted by molar-refractivity contribution is 6.06. The van der Waals surface area contributed by atoms with Crippen LogP contribution in [0.4, 0.5) is 17.1 Å². The van der Waals surface area contributed by atoms with E-state index in [1.165, 1.54) is 6.07 Å². The van der Waals surface area contributed by atoms with Crippen molar-refractivity contribution in [2.75, 3.05) is 23.3 Å². The fourth-order valence-electron chi connectivity index (χ4n) is 4.16. The van der Waals surface area contributed by atoms with E-state index in [2.05, 4.69) is 10.3 Å². The van der Waals surface area contributed by atoms with E-state index in [1.807, 2.05) is 42.2 Å². The fourth-order valence-corrected chi connectivity index (χ4v) is 4.16. The summed E-state index contributed by atoms with van der Waals surface area (Å²) in [7, 11) is 0. The Kier molecular flexibility index (Phi) is 5.26. The third-order valence-electron chi connectivity index (χ3n) is 5.83. The van der Waals surface area contributed by atoms with Crippen molar-refractivity contribution in [2.24, 2.45) is 0 Å². The summed E-state index contributed by atoms with van der Waals surface area (Å²) in [5.74, 6) is -0.0488. The van der Waals surface area contributed by atoms with Crippen LogP contribution < -0.4 is 10.2 Å². The number of oxazole rings is 1. The molecule has 0 saturated carbocycles. The lowest BCUT2D eigenvalue weighted by Crippen LogP contribution is -2.20. The first-order valence-corrected chi connectivity index (χ1v) is 10.8. The van der Waals surface area contributed by atoms with Crippen molar-refractivity contribution < 1.29 is 14.1 Å². The van der Waals surface area contributed by atoms with Gasteiger partial charge < -0.3 is 14.6 Å². The summed E-state index contributed by atoms with van der Waals surface area (Å²) in [5.41, 5.74) is 4.31. The van der Waals surface area contributed by atoms with Crippen LogP contribution in [0.1, 0.15) is 28.8 Å². The fraction of sp³-hybridized carbons (Fsp3) is 0.200. The van der Waals surface area contributed by atoms with Crippen LogP contribution >= 0.6 is 0 Å². The number of aryl methyl sites for hydroxylation is 1. The molecule has 0 radical (unpaired) electrons. The molecule has 5 rings (SSSR count). The minimum Gasteiger partial charge on any atom is -0.436 e. The van der Waals surface area contributed by atoms with Gasteiger partial charge in [-0.05, 0) is 61.7 Å². The van der Waals surface area contributed by atoms with E-state index < -0.39 is 10.8 Å². The number of aromatic nitrogens is 1. The van der Waals surface area contributed by atoms with Gasteiger partial charge in [-0.2, -0.15) is 0 Å². The smallest absolute Gasteiger partial charge is 0.293 e. The molecule has 1 fully saturated rings. The van der Waals surface area contributed by atoms with E-state index in [9.17, 15) is 14.9 Å². The standard InChI is InChI=1S/C25H22N4O4/c1-16-8-11-23-20(14-16)27-25(33-23)18-6-2-3-7-19(18)26-24(30)17-9-10-21(22(15-17)29(31)32)28-12-4-5-13-28/h2-3,6-11,14-15H,4-5,12-13H2,1H3,(H,26,30). The summed E-state index contributed by atoms with van der Waals surface area (Å²) < 4.78 is 5.90. The summed E-state index contributed by atoms with van der Waals surface area (Å²) in [4.78, 5) is 30.8. The third kappa shape index (κ3) is 4.03. The van der Waals surface area contributed by atoms with Gasteiger partial charge in [0, 0.05) is 24.7 Å². The topological polar surface area (TPSA) is 102 Å². The van der Waals surface area contributed by atoms with E-state index in [0.717, 1.165) is 37.0 Å². The number of nitro benzene ring substituents is 1. The number of hydrogen-bond donors (Lipinski definition) is 1. The highest BCUT2D eigenvalue weighted by Crippen LogP contribution is 2.33. The van der Waals surface area contributed by atoms with Gasteiger partial charge in [0.1, 0.15) is 11.2 Å². The number of carbonyl (C=O) groups is 1. The minimum absolute atomic E-state index is 0.0628. The quantitative estimate of drug-likeness (QED) is 0.321. The van der Waals surface area contributed by atoms with Gasteiger partial charge in [0.15, 0.2) is 5.58 Å². The molecule has 0 bridgehead atoms. The Bertz CT molecular complexity index is 1370. The maximum atomic E-state index is 13.0. The molecule has 2 heterocycles. The third-order valence-corrected chi connectivity index (χ3v) is 5.83. The van der Waals surface area contributed by atoms with Gasteiger partial charge in [-0.3, -0.25) is 14.9 Å². The molecular weight excluding hydrogens is 420 g/mol. The zero-order valence-corrected chi connectivity index (χ0v) is 18.1. The molecule has 0 atom stereocenters. The molecule has 0 spiro atoms. The second-order valence-corrected chi connectivity index (χ2v) is 8.14. The minimum atomic E-state index is -0.439. The Hall–Kier alpha value is -4.20. The molecule has 4 aromatic rings. The molecule has 1 aromatic heterocycles. The second-order valence-electron chi connectivity index (χ2n) is 8.14. The molecule has 8 nitrogen and oxygen atoms in total. The molecule has 8 heteroatoms. The van der Waals surface area contributed by atoms with E-state index in [0.29, 0.717) is 28.4 Å². The van der Waals surface area contributed by atoms with Crippen molar-refractivity contribution in [3.8, 4) is 11.5 Å². The van der Waals surface area contributed by atoms with Crippen LogP contribution in [0.3, 0.4) is 0 Å². The van der Waals surface area contributed by atoms with E-state index in [4.69, 9.17) is 4.42 Å². The van der Waals surface area contributed by atoms with Gasteiger partial charge in [-0.1, -0.05) is 18.2 Å². The SMILES string of the molecule is Cc1ccc2oc(-c3ccccc3NC(=O)c3ccc(N4CCCC4)c([N+](=O)[O-])c3)nc2c1. The van der Waals surface area contributed by atoms with Gasteiger partial charge in [0.25, 0.3) is 11.6 Å². The van der Waals surface area contributed by atoms with Gasteiger partial charge in [-0.25, -0.2) is 4.98 Å². The predicted molar refractivity (Wildman–Crippen MR) is 127 cm³/mol. The average Bonchev–Trinajstić information content (AvgIpc) is 3.49. The molecule has 1 amide bonds. The number of nitrogens with one attached hydrogen (secondary N) is 1. The van der Waals surface area contributed by atoms with E-state index in [-0.39, 0.29) is 11.3 Å². The van der Waals surface area contributed by atoms with Crippen LogP contribution in [-0.2, 0) is 0 Å². The zero-order valence-electron chi connectivity index (χ0n) is 18.1. The number of carbonyl (C=O) groups excluding carboxylic acids is 1. The molecule has 0 aliphatic carbocycles. The molecule has 1 saturated heterocycles. The van der Waals surface area contributed by atoms with Crippen LogP contribution in [0, 0.1) is 17.0 Å². The van der Waals surface area contributed by atoms with Crippen LogP contribution in [0.2, 0.25) is 0 Å². The van der Waals surface area contributed by atoms with Crippen molar-refractivity contribution in [3.05, 3.63) is 81.9 Å². The van der Waals surface area contributed by atoms with Crippen LogP contribution in [-0.4, -0.2) is 28.9 Å². The molecule has 1 aliphatic rings. The maximum Gasteiger partial charge on any atom is 0.293 e. The van der Waals surface area contributed by atoms with Crippen molar-refractivity contribution in [1.29, 1.82) is 0 Å². The van der Waals surface area contributed by atoms with Crippen molar-refractivity contribution in [2.45, 2.75) is 19.8 Å². The van der Waals surface area contributed by atoms with Crippen LogP contribution in [0.15, 0.2) is 65.1 Å². The largest absolute Gasteiger partial charge is 0.436 e. The number of anilines is 2. The average molecular weight is 442 g/mol. The number of hydrogen-bond acceptors (Lipinski definition) is 6. The zero-order chi connectivity index (χ0) is 22.9. The lowest BCUT2D eigenvalue weighted by molar-refractivity contribution is -0.384. The summed E-state index contributed by atoms with van der Waals surface area (Å²) in [6.07, 6.45) is 2.01.